The van der Waals surface area contributed by atoms with Crippen LogP contribution in [-0.4, -0.2) is 19.1 Å². The fourth-order valence-corrected chi connectivity index (χ4v) is 4.18. The zero-order valence-electron chi connectivity index (χ0n) is 18.5. The average molecular weight is 459 g/mol. The van der Waals surface area contributed by atoms with Gasteiger partial charge in [-0.05, 0) is 49.8 Å². The molecule has 0 bridgehead atoms. The van der Waals surface area contributed by atoms with Gasteiger partial charge in [0.15, 0.2) is 11.5 Å². The van der Waals surface area contributed by atoms with Crippen LogP contribution in [0.2, 0.25) is 5.02 Å². The highest BCUT2D eigenvalue weighted by atomic mass is 35.5. The summed E-state index contributed by atoms with van der Waals surface area (Å²) in [6.45, 7) is 5.03. The molecule has 0 aromatic heterocycles. The van der Waals surface area contributed by atoms with Crippen molar-refractivity contribution in [1.82, 2.24) is 0 Å². The van der Waals surface area contributed by atoms with E-state index in [9.17, 15) is 10.1 Å². The lowest BCUT2D eigenvalue weighted by molar-refractivity contribution is -0.112. The first kappa shape index (κ1) is 22.4. The van der Waals surface area contributed by atoms with Crippen LogP contribution in [0.5, 0.6) is 11.5 Å². The molecule has 0 N–H and O–H groups in total. The quantitative estimate of drug-likeness (QED) is 0.401. The summed E-state index contributed by atoms with van der Waals surface area (Å²) in [6.07, 6.45) is 1.83. The Hall–Kier alpha value is -3.75. The van der Waals surface area contributed by atoms with Gasteiger partial charge in [0.05, 0.1) is 28.9 Å². The minimum absolute atomic E-state index is 0.0405. The molecular weight excluding hydrogens is 436 g/mol. The molecule has 0 spiro atoms. The summed E-state index contributed by atoms with van der Waals surface area (Å²) in [5.74, 6) is 0.848. The van der Waals surface area contributed by atoms with Gasteiger partial charge in [-0.25, -0.2) is 0 Å². The number of carbonyl (C=O) groups is 1. The summed E-state index contributed by atoms with van der Waals surface area (Å²) in [7, 11) is 0. The molecule has 0 saturated heterocycles. The fraction of sp³-hybridized carbons (Fsp3) is 0.185. The molecule has 4 rings (SSSR count). The zero-order chi connectivity index (χ0) is 23.4. The molecule has 1 amide bonds. The first-order valence-corrected chi connectivity index (χ1v) is 11.1. The summed E-state index contributed by atoms with van der Waals surface area (Å²) in [5, 5.41) is 9.68. The van der Waals surface area contributed by atoms with Gasteiger partial charge in [-0.15, -0.1) is 0 Å². The van der Waals surface area contributed by atoms with Crippen molar-refractivity contribution in [2.24, 2.45) is 0 Å². The molecule has 3 aromatic carbocycles. The Bertz CT molecular complexity index is 1280. The van der Waals surface area contributed by atoms with Gasteiger partial charge in [0.1, 0.15) is 6.61 Å². The van der Waals surface area contributed by atoms with E-state index in [0.29, 0.717) is 40.8 Å². The summed E-state index contributed by atoms with van der Waals surface area (Å²) in [5.41, 5.74) is 4.46. The van der Waals surface area contributed by atoms with Gasteiger partial charge in [-0.3, -0.25) is 4.79 Å². The van der Waals surface area contributed by atoms with Crippen LogP contribution in [0.1, 0.15) is 36.1 Å². The maximum atomic E-state index is 13.0. The number of likely N-dealkylation sites (N-methyl/N-ethyl adjacent to an activating group) is 1. The molecule has 1 aliphatic heterocycles. The van der Waals surface area contributed by atoms with E-state index in [-0.39, 0.29) is 12.5 Å². The van der Waals surface area contributed by atoms with Crippen molar-refractivity contribution >= 4 is 34.8 Å². The predicted octanol–water partition coefficient (Wildman–Crippen LogP) is 6.10. The maximum absolute atomic E-state index is 13.0. The zero-order valence-corrected chi connectivity index (χ0v) is 19.2. The molecule has 0 saturated carbocycles. The van der Waals surface area contributed by atoms with Crippen LogP contribution in [0.4, 0.5) is 5.69 Å². The van der Waals surface area contributed by atoms with Crippen LogP contribution in [0, 0.1) is 11.3 Å². The number of nitrogens with zero attached hydrogens (tertiary/aromatic N) is 2. The van der Waals surface area contributed by atoms with E-state index in [0.717, 1.165) is 22.4 Å². The number of hydrogen-bond donors (Lipinski definition) is 0. The summed E-state index contributed by atoms with van der Waals surface area (Å²) >= 11 is 6.59. The topological polar surface area (TPSA) is 62.6 Å². The molecule has 0 fully saturated rings. The Morgan fingerprint density at radius 2 is 1.82 bits per heavy atom. The number of fused-ring (bicyclic) bond motifs is 1. The van der Waals surface area contributed by atoms with E-state index in [1.54, 1.807) is 17.0 Å². The molecule has 3 aromatic rings. The van der Waals surface area contributed by atoms with E-state index in [1.807, 2.05) is 68.5 Å². The smallest absolute Gasteiger partial charge is 0.258 e. The van der Waals surface area contributed by atoms with Crippen molar-refractivity contribution in [1.29, 1.82) is 5.26 Å². The van der Waals surface area contributed by atoms with Crippen LogP contribution in [0.25, 0.3) is 11.6 Å². The highest BCUT2D eigenvalue weighted by Crippen LogP contribution is 2.41. The molecule has 6 heteroatoms. The van der Waals surface area contributed by atoms with Gasteiger partial charge in [0.2, 0.25) is 0 Å². The van der Waals surface area contributed by atoms with E-state index in [2.05, 4.69) is 6.07 Å². The second-order valence-electron chi connectivity index (χ2n) is 7.45. The monoisotopic (exact) mass is 458 g/mol. The van der Waals surface area contributed by atoms with Crippen molar-refractivity contribution in [3.63, 3.8) is 0 Å². The van der Waals surface area contributed by atoms with Crippen molar-refractivity contribution < 1.29 is 14.3 Å². The number of ether oxygens (including phenoxy) is 2. The van der Waals surface area contributed by atoms with Crippen LogP contribution in [0.3, 0.4) is 0 Å². The van der Waals surface area contributed by atoms with Gasteiger partial charge >= 0.3 is 0 Å². The van der Waals surface area contributed by atoms with E-state index in [4.69, 9.17) is 21.1 Å². The lowest BCUT2D eigenvalue weighted by Gasteiger charge is -2.15. The molecule has 0 unspecified atom stereocenters. The third-order valence-corrected chi connectivity index (χ3v) is 5.71. The standard InChI is InChI=1S/C27H23ClN2O3/c1-3-30-24-12-8-7-11-21(24)22(27(30)31)13-18-14-23(28)26(25(15-18)32-4-2)33-17-20-10-6-5-9-19(20)16-29/h5-15H,3-4,17H2,1-2H3/b22-13-. The number of carbonyl (C=O) groups excluding carboxylic acids is 1. The number of anilines is 1. The molecule has 33 heavy (non-hydrogen) atoms. The Morgan fingerprint density at radius 3 is 2.58 bits per heavy atom. The normalized spacial score (nSPS) is 13.7. The minimum atomic E-state index is -0.0405. The molecule has 0 radical (unpaired) electrons. The fourth-order valence-electron chi connectivity index (χ4n) is 3.91. The summed E-state index contributed by atoms with van der Waals surface area (Å²) < 4.78 is 11.8. The molecule has 166 valence electrons. The number of halogens is 1. The van der Waals surface area contributed by atoms with Gasteiger partial charge in [-0.1, -0.05) is 48.0 Å². The maximum Gasteiger partial charge on any atom is 0.258 e. The highest BCUT2D eigenvalue weighted by Gasteiger charge is 2.30. The van der Waals surface area contributed by atoms with E-state index in [1.165, 1.54) is 0 Å². The second-order valence-corrected chi connectivity index (χ2v) is 7.85. The van der Waals surface area contributed by atoms with Crippen LogP contribution < -0.4 is 14.4 Å². The highest BCUT2D eigenvalue weighted by molar-refractivity contribution is 6.36. The van der Waals surface area contributed by atoms with Crippen LogP contribution in [0.15, 0.2) is 60.7 Å². The summed E-state index contributed by atoms with van der Waals surface area (Å²) in [4.78, 5) is 14.8. The largest absolute Gasteiger partial charge is 0.490 e. The molecule has 1 aliphatic rings. The van der Waals surface area contributed by atoms with Gasteiger partial charge in [-0.2, -0.15) is 5.26 Å². The van der Waals surface area contributed by atoms with Crippen LogP contribution in [-0.2, 0) is 11.4 Å². The lowest BCUT2D eigenvalue weighted by atomic mass is 10.0. The molecule has 1 heterocycles. The van der Waals surface area contributed by atoms with Crippen molar-refractivity contribution in [2.45, 2.75) is 20.5 Å². The van der Waals surface area contributed by atoms with Crippen molar-refractivity contribution in [3.05, 3.63) is 87.9 Å². The van der Waals surface area contributed by atoms with E-state index < -0.39 is 0 Å². The summed E-state index contributed by atoms with van der Waals surface area (Å²) in [6, 6.07) is 20.7. The first-order valence-electron chi connectivity index (χ1n) is 10.8. The van der Waals surface area contributed by atoms with Gasteiger partial charge in [0.25, 0.3) is 5.91 Å². The number of nitriles is 1. The minimum Gasteiger partial charge on any atom is -0.490 e. The molecule has 5 nitrogen and oxygen atoms in total. The number of benzene rings is 3. The Morgan fingerprint density at radius 1 is 1.06 bits per heavy atom. The average Bonchev–Trinajstić information content (AvgIpc) is 3.09. The van der Waals surface area contributed by atoms with Crippen LogP contribution >= 0.6 is 11.6 Å². The number of para-hydroxylation sites is 1. The number of hydrogen-bond acceptors (Lipinski definition) is 4. The SMILES string of the molecule is CCOc1cc(/C=C2\C(=O)N(CC)c3ccccc32)cc(Cl)c1OCc1ccccc1C#N. The molecular formula is C27H23ClN2O3. The number of rotatable bonds is 7. The molecule has 0 aliphatic carbocycles. The van der Waals surface area contributed by atoms with Gasteiger partial charge < -0.3 is 14.4 Å². The second kappa shape index (κ2) is 9.81. The first-order chi connectivity index (χ1) is 16.1. The van der Waals surface area contributed by atoms with Gasteiger partial charge in [0, 0.05) is 23.2 Å². The number of amides is 1. The van der Waals surface area contributed by atoms with Crippen molar-refractivity contribution in [2.75, 3.05) is 18.1 Å². The van der Waals surface area contributed by atoms with E-state index >= 15 is 0 Å². The Kier molecular flexibility index (Phi) is 6.67. The third-order valence-electron chi connectivity index (χ3n) is 5.43. The Balaban J connectivity index is 1.69. The molecule has 0 atom stereocenters. The Labute approximate surface area is 198 Å². The lowest BCUT2D eigenvalue weighted by Crippen LogP contribution is -2.25. The predicted molar refractivity (Wildman–Crippen MR) is 130 cm³/mol. The van der Waals surface area contributed by atoms with Crippen molar-refractivity contribution in [3.8, 4) is 17.6 Å². The third kappa shape index (κ3) is 4.44.